The van der Waals surface area contributed by atoms with Crippen LogP contribution in [0.1, 0.15) is 41.5 Å². The van der Waals surface area contributed by atoms with Crippen LogP contribution < -0.4 is 5.32 Å². The van der Waals surface area contributed by atoms with Gasteiger partial charge in [-0.05, 0) is 25.3 Å². The van der Waals surface area contributed by atoms with Crippen LogP contribution in [0.3, 0.4) is 0 Å². The molecule has 2 heterocycles. The molecule has 1 N–H and O–H groups in total. The topological polar surface area (TPSA) is 55.9 Å². The van der Waals surface area contributed by atoms with E-state index in [0.717, 1.165) is 58.7 Å². The standard InChI is InChI=1S/C19H34N4O2.H2/c1-4-21-7-9-22(10-8-21)6-5-18(24)23-13-15-11-16(23)12-17(15)20-19(25)14(2)3;/h14-17H,4-13H2,1-3H3,(H,20,25);1H. The molecular weight excluding hydrogens is 316 g/mol. The van der Waals surface area contributed by atoms with Gasteiger partial charge in [0.1, 0.15) is 0 Å². The molecule has 0 radical (unpaired) electrons. The fourth-order valence-corrected chi connectivity index (χ4v) is 4.51. The van der Waals surface area contributed by atoms with Gasteiger partial charge in [0.05, 0.1) is 0 Å². The summed E-state index contributed by atoms with van der Waals surface area (Å²) >= 11 is 0. The first kappa shape index (κ1) is 18.6. The number of rotatable bonds is 6. The molecule has 2 bridgehead atoms. The van der Waals surface area contributed by atoms with Crippen molar-refractivity contribution in [3.05, 3.63) is 0 Å². The molecule has 1 aliphatic carbocycles. The summed E-state index contributed by atoms with van der Waals surface area (Å²) in [4.78, 5) is 31.5. The van der Waals surface area contributed by atoms with Gasteiger partial charge in [-0.25, -0.2) is 0 Å². The van der Waals surface area contributed by atoms with Crippen molar-refractivity contribution in [1.82, 2.24) is 20.0 Å². The maximum absolute atomic E-state index is 12.6. The largest absolute Gasteiger partial charge is 0.353 e. The van der Waals surface area contributed by atoms with E-state index in [1.54, 1.807) is 0 Å². The Balaban J connectivity index is 0.00000243. The van der Waals surface area contributed by atoms with E-state index < -0.39 is 0 Å². The zero-order valence-electron chi connectivity index (χ0n) is 16.0. The number of piperidine rings is 1. The van der Waals surface area contributed by atoms with Gasteiger partial charge in [0, 0.05) is 65.1 Å². The van der Waals surface area contributed by atoms with Crippen LogP contribution in [-0.2, 0) is 9.59 Å². The molecule has 0 spiro atoms. The summed E-state index contributed by atoms with van der Waals surface area (Å²) in [6.07, 6.45) is 2.63. The minimum atomic E-state index is 0. The van der Waals surface area contributed by atoms with Crippen molar-refractivity contribution < 1.29 is 11.0 Å². The van der Waals surface area contributed by atoms with Crippen molar-refractivity contribution in [3.8, 4) is 0 Å². The summed E-state index contributed by atoms with van der Waals surface area (Å²) in [5.41, 5.74) is 0. The summed E-state index contributed by atoms with van der Waals surface area (Å²) in [5.74, 6) is 0.926. The number of hydrogen-bond acceptors (Lipinski definition) is 4. The Kier molecular flexibility index (Phi) is 6.00. The lowest BCUT2D eigenvalue weighted by Crippen LogP contribution is -2.50. The van der Waals surface area contributed by atoms with Gasteiger partial charge >= 0.3 is 0 Å². The van der Waals surface area contributed by atoms with Gasteiger partial charge in [0.25, 0.3) is 0 Å². The fraction of sp³-hybridized carbons (Fsp3) is 0.895. The highest BCUT2D eigenvalue weighted by molar-refractivity contribution is 5.79. The van der Waals surface area contributed by atoms with Gasteiger partial charge in [-0.1, -0.05) is 20.8 Å². The quantitative estimate of drug-likeness (QED) is 0.776. The van der Waals surface area contributed by atoms with Crippen molar-refractivity contribution in [2.75, 3.05) is 45.8 Å². The lowest BCUT2D eigenvalue weighted by atomic mass is 10.0. The first-order chi connectivity index (χ1) is 12.0. The average Bonchev–Trinajstić information content (AvgIpc) is 3.20. The van der Waals surface area contributed by atoms with Crippen LogP contribution in [0, 0.1) is 11.8 Å². The van der Waals surface area contributed by atoms with E-state index in [4.69, 9.17) is 0 Å². The Morgan fingerprint density at radius 3 is 2.36 bits per heavy atom. The van der Waals surface area contributed by atoms with Crippen LogP contribution in [-0.4, -0.2) is 84.4 Å². The number of nitrogens with zero attached hydrogens (tertiary/aromatic N) is 3. The zero-order chi connectivity index (χ0) is 18.0. The number of carbonyl (C=O) groups excluding carboxylic acids is 2. The molecule has 0 aromatic heterocycles. The van der Waals surface area contributed by atoms with Crippen molar-refractivity contribution in [1.29, 1.82) is 0 Å². The Labute approximate surface area is 153 Å². The van der Waals surface area contributed by atoms with Crippen molar-refractivity contribution in [2.45, 2.75) is 52.1 Å². The third kappa shape index (κ3) is 4.34. The number of amides is 2. The van der Waals surface area contributed by atoms with E-state index in [0.29, 0.717) is 24.3 Å². The highest BCUT2D eigenvalue weighted by Crippen LogP contribution is 2.38. The predicted molar refractivity (Wildman–Crippen MR) is 100 cm³/mol. The highest BCUT2D eigenvalue weighted by Gasteiger charge is 2.46. The Hall–Kier alpha value is -1.14. The van der Waals surface area contributed by atoms with Crippen LogP contribution >= 0.6 is 0 Å². The summed E-state index contributed by atoms with van der Waals surface area (Å²) < 4.78 is 0. The maximum Gasteiger partial charge on any atom is 0.224 e. The molecule has 3 aliphatic rings. The first-order valence-electron chi connectivity index (χ1n) is 10.0. The van der Waals surface area contributed by atoms with Crippen LogP contribution in [0.2, 0.25) is 0 Å². The number of nitrogens with one attached hydrogen (secondary N) is 1. The summed E-state index contributed by atoms with van der Waals surface area (Å²) in [7, 11) is 0. The summed E-state index contributed by atoms with van der Waals surface area (Å²) in [5, 5.41) is 3.17. The van der Waals surface area contributed by atoms with E-state index in [2.05, 4.69) is 26.9 Å². The van der Waals surface area contributed by atoms with E-state index in [9.17, 15) is 9.59 Å². The van der Waals surface area contributed by atoms with Gasteiger partial charge in [0.2, 0.25) is 11.8 Å². The second-order valence-corrected chi connectivity index (χ2v) is 8.23. The minimum Gasteiger partial charge on any atom is -0.353 e. The van der Waals surface area contributed by atoms with Gasteiger partial charge < -0.3 is 20.0 Å². The maximum atomic E-state index is 12.6. The second-order valence-electron chi connectivity index (χ2n) is 8.23. The van der Waals surface area contributed by atoms with Crippen molar-refractivity contribution >= 4 is 11.8 Å². The average molecular weight is 353 g/mol. The van der Waals surface area contributed by atoms with Gasteiger partial charge in [-0.3, -0.25) is 9.59 Å². The minimum absolute atomic E-state index is 0. The molecule has 2 aliphatic heterocycles. The molecule has 0 aromatic rings. The van der Waals surface area contributed by atoms with Crippen LogP contribution in [0.15, 0.2) is 0 Å². The fourth-order valence-electron chi connectivity index (χ4n) is 4.51. The molecule has 3 rings (SSSR count). The highest BCUT2D eigenvalue weighted by atomic mass is 16.2. The number of fused-ring (bicyclic) bond motifs is 2. The van der Waals surface area contributed by atoms with E-state index in [1.807, 2.05) is 13.8 Å². The summed E-state index contributed by atoms with van der Waals surface area (Å²) in [6, 6.07) is 0.609. The predicted octanol–water partition coefficient (Wildman–Crippen LogP) is 1.02. The third-order valence-electron chi connectivity index (χ3n) is 6.27. The molecule has 2 amide bonds. The second kappa shape index (κ2) is 8.04. The number of likely N-dealkylation sites (N-methyl/N-ethyl adjacent to an activating group) is 1. The smallest absolute Gasteiger partial charge is 0.224 e. The van der Waals surface area contributed by atoms with Crippen LogP contribution in [0.25, 0.3) is 0 Å². The van der Waals surface area contributed by atoms with Gasteiger partial charge in [-0.2, -0.15) is 0 Å². The Bertz CT molecular complexity index is 494. The lowest BCUT2D eigenvalue weighted by Gasteiger charge is -2.35. The summed E-state index contributed by atoms with van der Waals surface area (Å²) in [6.45, 7) is 13.3. The Morgan fingerprint density at radius 1 is 1.12 bits per heavy atom. The monoisotopic (exact) mass is 352 g/mol. The number of piperazine rings is 1. The Morgan fingerprint density at radius 2 is 1.80 bits per heavy atom. The number of likely N-dealkylation sites (tertiary alicyclic amines) is 1. The first-order valence-corrected chi connectivity index (χ1v) is 10.0. The molecule has 1 saturated carbocycles. The molecular formula is C19H36N4O2. The van der Waals surface area contributed by atoms with Crippen LogP contribution in [0.5, 0.6) is 0 Å². The lowest BCUT2D eigenvalue weighted by molar-refractivity contribution is -0.133. The molecule has 3 fully saturated rings. The van der Waals surface area contributed by atoms with E-state index in [-0.39, 0.29) is 19.3 Å². The van der Waals surface area contributed by atoms with Crippen molar-refractivity contribution in [3.63, 3.8) is 0 Å². The van der Waals surface area contributed by atoms with E-state index in [1.165, 1.54) is 0 Å². The molecule has 3 unspecified atom stereocenters. The normalized spacial score (nSPS) is 30.2. The zero-order valence-corrected chi connectivity index (χ0v) is 16.0. The van der Waals surface area contributed by atoms with E-state index >= 15 is 0 Å². The molecule has 0 aromatic carbocycles. The van der Waals surface area contributed by atoms with Gasteiger partial charge in [-0.15, -0.1) is 0 Å². The van der Waals surface area contributed by atoms with Crippen LogP contribution in [0.4, 0.5) is 0 Å². The molecule has 25 heavy (non-hydrogen) atoms. The third-order valence-corrected chi connectivity index (χ3v) is 6.27. The number of hydrogen-bond donors (Lipinski definition) is 1. The number of carbonyl (C=O) groups is 2. The van der Waals surface area contributed by atoms with Gasteiger partial charge in [0.15, 0.2) is 0 Å². The molecule has 6 nitrogen and oxygen atoms in total. The molecule has 6 heteroatoms. The molecule has 144 valence electrons. The SMILES string of the molecule is CCN1CCN(CCC(=O)N2CC3CC2CC3NC(=O)C(C)C)CC1.[HH]. The van der Waals surface area contributed by atoms with Crippen molar-refractivity contribution in [2.24, 2.45) is 11.8 Å². The molecule has 2 saturated heterocycles. The molecule has 3 atom stereocenters.